The number of unbranched alkanes of at least 4 members (excludes halogenated alkanes) is 2. The predicted molar refractivity (Wildman–Crippen MR) is 149 cm³/mol. The van der Waals surface area contributed by atoms with Crippen LogP contribution in [0.5, 0.6) is 5.88 Å². The zero-order valence-electron chi connectivity index (χ0n) is 21.0. The van der Waals surface area contributed by atoms with Crippen LogP contribution in [-0.4, -0.2) is 25.9 Å². The molecule has 0 atom stereocenters. The SMILES string of the molecule is NCc1ccc(S(=O)(=O)NC(=O)CCCCCOc2cc(-c3ccccc3)cc(-c3ccccc3)n2)cc1. The Balaban J connectivity index is 1.28. The van der Waals surface area contributed by atoms with Crippen LogP contribution in [0.4, 0.5) is 0 Å². The number of amides is 1. The van der Waals surface area contributed by atoms with Gasteiger partial charge in [0.1, 0.15) is 0 Å². The third-order valence-corrected chi connectivity index (χ3v) is 7.38. The molecular weight excluding hydrogens is 498 g/mol. The molecular formula is C30H31N3O4S. The van der Waals surface area contributed by atoms with Gasteiger partial charge in [-0.05, 0) is 54.2 Å². The Bertz CT molecular complexity index is 1380. The van der Waals surface area contributed by atoms with Gasteiger partial charge in [-0.3, -0.25) is 4.79 Å². The van der Waals surface area contributed by atoms with Crippen LogP contribution < -0.4 is 15.2 Å². The number of pyridine rings is 1. The minimum atomic E-state index is -3.90. The highest BCUT2D eigenvalue weighted by Crippen LogP contribution is 2.28. The molecule has 0 bridgehead atoms. The van der Waals surface area contributed by atoms with Crippen LogP contribution in [0, 0.1) is 0 Å². The Labute approximate surface area is 223 Å². The van der Waals surface area contributed by atoms with Crippen molar-refractivity contribution in [2.24, 2.45) is 5.73 Å². The third kappa shape index (κ3) is 7.50. The molecule has 7 nitrogen and oxygen atoms in total. The molecule has 0 fully saturated rings. The standard InChI is InChI=1S/C30H31N3O4S/c31-22-23-15-17-27(18-16-23)38(35,36)33-29(34)14-8-3-9-19-37-30-21-26(24-10-4-1-5-11-24)20-28(32-30)25-12-6-2-7-13-25/h1-2,4-7,10-13,15-18,20-21H,3,8-9,14,19,22,31H2,(H,33,34). The number of carbonyl (C=O) groups excluding carboxylic acids is 1. The van der Waals surface area contributed by atoms with Gasteiger partial charge in [-0.25, -0.2) is 18.1 Å². The summed E-state index contributed by atoms with van der Waals surface area (Å²) in [7, 11) is -3.90. The molecule has 0 aliphatic rings. The van der Waals surface area contributed by atoms with E-state index in [1.165, 1.54) is 12.1 Å². The van der Waals surface area contributed by atoms with E-state index in [1.54, 1.807) is 12.1 Å². The van der Waals surface area contributed by atoms with Crippen LogP contribution in [0.25, 0.3) is 22.4 Å². The first kappa shape index (κ1) is 27.0. The molecule has 3 aromatic carbocycles. The fourth-order valence-electron chi connectivity index (χ4n) is 3.94. The number of benzene rings is 3. The molecule has 4 aromatic rings. The number of nitrogens with zero attached hydrogens (tertiary/aromatic N) is 1. The molecule has 0 unspecified atom stereocenters. The lowest BCUT2D eigenvalue weighted by atomic mass is 10.0. The number of carbonyl (C=O) groups is 1. The maximum absolute atomic E-state index is 12.4. The van der Waals surface area contributed by atoms with Crippen molar-refractivity contribution in [1.29, 1.82) is 0 Å². The topological polar surface area (TPSA) is 111 Å². The minimum Gasteiger partial charge on any atom is -0.478 e. The maximum Gasteiger partial charge on any atom is 0.264 e. The van der Waals surface area contributed by atoms with Gasteiger partial charge in [0.2, 0.25) is 11.8 Å². The average molecular weight is 530 g/mol. The second kappa shape index (κ2) is 13.0. The summed E-state index contributed by atoms with van der Waals surface area (Å²) in [6.07, 6.45) is 2.07. The summed E-state index contributed by atoms with van der Waals surface area (Å²) in [5, 5.41) is 0. The molecule has 3 N–H and O–H groups in total. The van der Waals surface area contributed by atoms with Crippen LogP contribution in [-0.2, 0) is 21.4 Å². The van der Waals surface area contributed by atoms with Crippen LogP contribution in [0.1, 0.15) is 31.2 Å². The number of nitrogens with two attached hydrogens (primary N) is 1. The van der Waals surface area contributed by atoms with Gasteiger partial charge in [-0.1, -0.05) is 72.8 Å². The van der Waals surface area contributed by atoms with E-state index in [4.69, 9.17) is 15.5 Å². The Morgan fingerprint density at radius 3 is 2.11 bits per heavy atom. The van der Waals surface area contributed by atoms with Crippen molar-refractivity contribution in [3.8, 4) is 28.3 Å². The smallest absolute Gasteiger partial charge is 0.264 e. The highest BCUT2D eigenvalue weighted by molar-refractivity contribution is 7.90. The Hall–Kier alpha value is -4.01. The molecule has 196 valence electrons. The summed E-state index contributed by atoms with van der Waals surface area (Å²) in [4.78, 5) is 16.9. The predicted octanol–water partition coefficient (Wildman–Crippen LogP) is 5.32. The van der Waals surface area contributed by atoms with Crippen molar-refractivity contribution in [3.05, 3.63) is 103 Å². The number of hydrogen-bond acceptors (Lipinski definition) is 6. The van der Waals surface area contributed by atoms with Gasteiger partial charge < -0.3 is 10.5 Å². The van der Waals surface area contributed by atoms with Crippen LogP contribution in [0.3, 0.4) is 0 Å². The fourth-order valence-corrected chi connectivity index (χ4v) is 4.95. The van der Waals surface area contributed by atoms with E-state index in [9.17, 15) is 13.2 Å². The lowest BCUT2D eigenvalue weighted by molar-refractivity contribution is -0.119. The zero-order valence-corrected chi connectivity index (χ0v) is 21.9. The van der Waals surface area contributed by atoms with Crippen LogP contribution in [0.15, 0.2) is 102 Å². The van der Waals surface area contributed by atoms with Crippen molar-refractivity contribution in [1.82, 2.24) is 9.71 Å². The highest BCUT2D eigenvalue weighted by atomic mass is 32.2. The summed E-state index contributed by atoms with van der Waals surface area (Å²) in [5.41, 5.74) is 10.3. The molecule has 0 saturated carbocycles. The van der Waals surface area contributed by atoms with E-state index in [1.807, 2.05) is 66.7 Å². The number of aromatic nitrogens is 1. The molecule has 1 aromatic heterocycles. The molecule has 0 spiro atoms. The van der Waals surface area contributed by atoms with Crippen molar-refractivity contribution in [2.75, 3.05) is 6.61 Å². The summed E-state index contributed by atoms with van der Waals surface area (Å²) in [6, 6.07) is 30.2. The molecule has 1 heterocycles. The molecule has 38 heavy (non-hydrogen) atoms. The third-order valence-electron chi connectivity index (χ3n) is 5.99. The maximum atomic E-state index is 12.4. The largest absolute Gasteiger partial charge is 0.478 e. The number of nitrogens with one attached hydrogen (secondary N) is 1. The number of rotatable bonds is 12. The van der Waals surface area contributed by atoms with Crippen molar-refractivity contribution in [2.45, 2.75) is 37.1 Å². The fraction of sp³-hybridized carbons (Fsp3) is 0.200. The summed E-state index contributed by atoms with van der Waals surface area (Å²) in [6.45, 7) is 0.756. The van der Waals surface area contributed by atoms with Gasteiger partial charge in [-0.15, -0.1) is 0 Å². The molecule has 1 amide bonds. The zero-order chi connectivity index (χ0) is 26.8. The second-order valence-electron chi connectivity index (χ2n) is 8.85. The molecule has 8 heteroatoms. The first-order valence-electron chi connectivity index (χ1n) is 12.5. The summed E-state index contributed by atoms with van der Waals surface area (Å²) >= 11 is 0. The Kier molecular flexibility index (Phi) is 9.24. The van der Waals surface area contributed by atoms with Gasteiger partial charge in [0, 0.05) is 24.6 Å². The Morgan fingerprint density at radius 1 is 0.789 bits per heavy atom. The van der Waals surface area contributed by atoms with Crippen molar-refractivity contribution in [3.63, 3.8) is 0 Å². The quantitative estimate of drug-likeness (QED) is 0.240. The van der Waals surface area contributed by atoms with E-state index in [0.29, 0.717) is 38.3 Å². The first-order chi connectivity index (χ1) is 18.4. The number of hydrogen-bond donors (Lipinski definition) is 2. The van der Waals surface area contributed by atoms with Crippen molar-refractivity contribution >= 4 is 15.9 Å². The van der Waals surface area contributed by atoms with E-state index >= 15 is 0 Å². The van der Waals surface area contributed by atoms with Gasteiger partial charge >= 0.3 is 0 Å². The van der Waals surface area contributed by atoms with Crippen LogP contribution >= 0.6 is 0 Å². The average Bonchev–Trinajstić information content (AvgIpc) is 2.95. The van der Waals surface area contributed by atoms with E-state index in [2.05, 4.69) is 10.8 Å². The van der Waals surface area contributed by atoms with E-state index in [0.717, 1.165) is 27.9 Å². The van der Waals surface area contributed by atoms with E-state index < -0.39 is 15.9 Å². The van der Waals surface area contributed by atoms with Crippen LogP contribution in [0.2, 0.25) is 0 Å². The minimum absolute atomic E-state index is 0.0385. The van der Waals surface area contributed by atoms with E-state index in [-0.39, 0.29) is 11.3 Å². The van der Waals surface area contributed by atoms with Gasteiger partial charge in [0.15, 0.2) is 0 Å². The Morgan fingerprint density at radius 2 is 1.45 bits per heavy atom. The normalized spacial score (nSPS) is 11.2. The molecule has 0 radical (unpaired) electrons. The molecule has 4 rings (SSSR count). The summed E-state index contributed by atoms with van der Waals surface area (Å²) in [5.74, 6) is 0.00764. The lowest BCUT2D eigenvalue weighted by Crippen LogP contribution is -2.30. The second-order valence-corrected chi connectivity index (χ2v) is 10.5. The molecule has 0 saturated heterocycles. The first-order valence-corrected chi connectivity index (χ1v) is 14.0. The van der Waals surface area contributed by atoms with Gasteiger partial charge in [0.05, 0.1) is 17.2 Å². The lowest BCUT2D eigenvalue weighted by Gasteiger charge is -2.11. The van der Waals surface area contributed by atoms with Gasteiger partial charge in [-0.2, -0.15) is 0 Å². The number of ether oxygens (including phenoxy) is 1. The summed E-state index contributed by atoms with van der Waals surface area (Å²) < 4.78 is 32.9. The monoisotopic (exact) mass is 529 g/mol. The van der Waals surface area contributed by atoms with Gasteiger partial charge in [0.25, 0.3) is 10.0 Å². The molecule has 0 aliphatic heterocycles. The number of sulfonamides is 1. The molecule has 0 aliphatic carbocycles. The van der Waals surface area contributed by atoms with Crippen molar-refractivity contribution < 1.29 is 17.9 Å². The highest BCUT2D eigenvalue weighted by Gasteiger charge is 2.17.